The van der Waals surface area contributed by atoms with Gasteiger partial charge in [0.15, 0.2) is 23.2 Å². The van der Waals surface area contributed by atoms with Crippen LogP contribution in [0.1, 0.15) is 90.4 Å². The predicted octanol–water partition coefficient (Wildman–Crippen LogP) is 5.28. The van der Waals surface area contributed by atoms with Crippen LogP contribution >= 0.6 is 0 Å². The van der Waals surface area contributed by atoms with Crippen LogP contribution in [0.15, 0.2) is 60.7 Å². The van der Waals surface area contributed by atoms with Gasteiger partial charge in [0, 0.05) is 67.8 Å². The molecular weight excluding hydrogens is 775 g/mol. The number of Topliss-reactive ketones (excluding diaryl/α,β-unsaturated/α-hetero) is 3. The molecule has 2 heterocycles. The summed E-state index contributed by atoms with van der Waals surface area (Å²) in [7, 11) is 1.48. The number of ether oxygens (including phenoxy) is 1. The maximum Gasteiger partial charge on any atom is 0.226 e. The molecule has 0 spiro atoms. The summed E-state index contributed by atoms with van der Waals surface area (Å²) >= 11 is 0. The molecule has 14 nitrogen and oxygen atoms in total. The van der Waals surface area contributed by atoms with Gasteiger partial charge in [-0.25, -0.2) is 9.97 Å². The molecule has 1 aliphatic rings. The zero-order valence-corrected chi connectivity index (χ0v) is 35.5. The summed E-state index contributed by atoms with van der Waals surface area (Å²) in [6.07, 6.45) is 0.414. The third-order valence-electron chi connectivity index (χ3n) is 11.1. The molecule has 14 heteroatoms. The molecule has 0 fully saturated rings. The van der Waals surface area contributed by atoms with Gasteiger partial charge in [-0.2, -0.15) is 5.26 Å². The molecule has 0 radical (unpaired) electrons. The van der Waals surface area contributed by atoms with E-state index in [9.17, 15) is 29.1 Å². The highest BCUT2D eigenvalue weighted by atomic mass is 16.5. The van der Waals surface area contributed by atoms with Gasteiger partial charge >= 0.3 is 0 Å². The van der Waals surface area contributed by atoms with Crippen molar-refractivity contribution in [1.82, 2.24) is 20.2 Å². The van der Waals surface area contributed by atoms with Gasteiger partial charge in [-0.05, 0) is 80.6 Å². The maximum atomic E-state index is 14.6. The molecule has 3 aromatic carbocycles. The van der Waals surface area contributed by atoms with Gasteiger partial charge in [0.25, 0.3) is 0 Å². The van der Waals surface area contributed by atoms with Crippen molar-refractivity contribution in [3.05, 3.63) is 94.3 Å². The summed E-state index contributed by atoms with van der Waals surface area (Å²) in [5, 5.41) is 23.2. The number of carbonyl (C=O) groups is 5. The first kappa shape index (κ1) is 45.8. The summed E-state index contributed by atoms with van der Waals surface area (Å²) in [4.78, 5) is 80.9. The fourth-order valence-electron chi connectivity index (χ4n) is 7.82. The third kappa shape index (κ3) is 10.9. The molecule has 1 aliphatic heterocycles. The quantitative estimate of drug-likeness (QED) is 0.112. The average molecular weight is 830 g/mol. The maximum absolute atomic E-state index is 14.6. The molecule has 0 saturated carbocycles. The number of benzene rings is 3. The molecule has 0 aliphatic carbocycles. The summed E-state index contributed by atoms with van der Waals surface area (Å²) in [6.45, 7) is 7.52. The van der Waals surface area contributed by atoms with Gasteiger partial charge in [0.1, 0.15) is 24.1 Å². The molecule has 320 valence electrons. The predicted molar refractivity (Wildman–Crippen MR) is 230 cm³/mol. The fourth-order valence-corrected chi connectivity index (χ4v) is 7.82. The molecule has 61 heavy (non-hydrogen) atoms. The number of ketones is 3. The standard InChI is InChI=1S/C47H55N7O7/c1-6-30-9-12-32(13-10-30)45-51-28(3)43(29(4)52-45)40(57)26-34(17-19-49)47(60)54(5)44-33-14-16-42(61-21-20-50)36(25-33)35-23-31(11-15-38(35)55)24-37(39(56)8-7-18-48)53-46(59)27(2)22-41(44)58/h9-16,23,25,27,34,37,44,55H,6-8,17,19-22,24,26,49-50H2,1-5H3,(H,53,59)/t27-,34-,37+,44+/m1/s1. The number of nitrogens with one attached hydrogen (secondary N) is 1. The smallest absolute Gasteiger partial charge is 0.226 e. The highest BCUT2D eigenvalue weighted by molar-refractivity contribution is 6.01. The second-order valence-electron chi connectivity index (χ2n) is 15.6. The Labute approximate surface area is 356 Å². The number of carbonyl (C=O) groups excluding carboxylic acids is 5. The molecule has 2 amide bonds. The molecule has 6 N–H and O–H groups in total. The van der Waals surface area contributed by atoms with E-state index in [-0.39, 0.29) is 75.5 Å². The SMILES string of the molecule is CCc1ccc(-c2nc(C)c(C(=O)C[C@@H](CCN)C(=O)N(C)[C@@H]3C(=O)C[C@@H](C)C(=O)N[C@H](C(=O)CCC#N)Cc4ccc(O)c(c4)-c4cc3ccc4OCCN)c(C)n2)cc1. The number of phenolic OH excluding ortho intramolecular Hbond substituents is 1. The van der Waals surface area contributed by atoms with E-state index in [0.29, 0.717) is 50.8 Å². The Bertz CT molecular complexity index is 2300. The molecule has 4 bridgehead atoms. The van der Waals surface area contributed by atoms with Crippen molar-refractivity contribution in [1.29, 1.82) is 5.26 Å². The van der Waals surface area contributed by atoms with E-state index in [4.69, 9.17) is 21.5 Å². The number of amides is 2. The number of nitriles is 1. The lowest BCUT2D eigenvalue weighted by atomic mass is 9.88. The van der Waals surface area contributed by atoms with Crippen molar-refractivity contribution in [2.75, 3.05) is 26.7 Å². The van der Waals surface area contributed by atoms with Crippen molar-refractivity contribution >= 4 is 29.2 Å². The van der Waals surface area contributed by atoms with E-state index in [2.05, 4.69) is 22.2 Å². The molecule has 0 unspecified atom stereocenters. The van der Waals surface area contributed by atoms with Crippen LogP contribution in [0, 0.1) is 37.0 Å². The van der Waals surface area contributed by atoms with Gasteiger partial charge < -0.3 is 31.5 Å². The third-order valence-corrected chi connectivity index (χ3v) is 11.1. The minimum Gasteiger partial charge on any atom is -0.507 e. The Hall–Kier alpha value is -6.30. The molecule has 4 atom stereocenters. The van der Waals surface area contributed by atoms with Crippen LogP contribution in [0.25, 0.3) is 22.5 Å². The van der Waals surface area contributed by atoms with E-state index in [0.717, 1.165) is 12.0 Å². The van der Waals surface area contributed by atoms with Crippen LogP contribution in [-0.4, -0.2) is 81.9 Å². The van der Waals surface area contributed by atoms with Crippen LogP contribution < -0.4 is 21.5 Å². The van der Waals surface area contributed by atoms with Gasteiger partial charge in [-0.1, -0.05) is 50.2 Å². The number of nitrogens with zero attached hydrogens (tertiary/aromatic N) is 4. The number of likely N-dealkylation sites (N-methyl/N-ethyl adjacent to an activating group) is 1. The van der Waals surface area contributed by atoms with Gasteiger partial charge in [-0.3, -0.25) is 24.0 Å². The normalized spacial score (nSPS) is 17.0. The van der Waals surface area contributed by atoms with Crippen LogP contribution in [0.4, 0.5) is 0 Å². The van der Waals surface area contributed by atoms with Crippen LogP contribution in [0.2, 0.25) is 0 Å². The topological polar surface area (TPSA) is 232 Å². The van der Waals surface area contributed by atoms with Gasteiger partial charge in [0.05, 0.1) is 29.1 Å². The van der Waals surface area contributed by atoms with Crippen molar-refractivity contribution in [3.8, 4) is 40.1 Å². The molecule has 4 aromatic rings. The first-order chi connectivity index (χ1) is 29.2. The molecule has 0 saturated heterocycles. The number of aromatic hydroxyl groups is 1. The summed E-state index contributed by atoms with van der Waals surface area (Å²) in [5.41, 5.74) is 16.7. The Morgan fingerprint density at radius 3 is 2.33 bits per heavy atom. The second kappa shape index (κ2) is 20.8. The lowest BCUT2D eigenvalue weighted by Crippen LogP contribution is -2.46. The zero-order valence-electron chi connectivity index (χ0n) is 35.5. The zero-order chi connectivity index (χ0) is 44.4. The molecule has 1 aromatic heterocycles. The lowest BCUT2D eigenvalue weighted by molar-refractivity contribution is -0.142. The highest BCUT2D eigenvalue weighted by Crippen LogP contribution is 2.40. The fraction of sp³-hybridized carbons (Fsp3) is 0.404. The van der Waals surface area contributed by atoms with Crippen molar-refractivity contribution in [2.24, 2.45) is 23.3 Å². The van der Waals surface area contributed by atoms with E-state index in [1.807, 2.05) is 30.3 Å². The van der Waals surface area contributed by atoms with Crippen molar-refractivity contribution in [2.45, 2.75) is 84.7 Å². The monoisotopic (exact) mass is 829 g/mol. The number of rotatable bonds is 15. The van der Waals surface area contributed by atoms with E-state index in [1.165, 1.54) is 23.6 Å². The minimum absolute atomic E-state index is 0.0408. The Balaban J connectivity index is 1.55. The largest absolute Gasteiger partial charge is 0.507 e. The number of nitrogens with two attached hydrogens (primary N) is 2. The van der Waals surface area contributed by atoms with Gasteiger partial charge in [0.2, 0.25) is 11.8 Å². The summed E-state index contributed by atoms with van der Waals surface area (Å²) in [6, 6.07) is 17.3. The number of hydrogen-bond donors (Lipinski definition) is 4. The Kier molecular flexibility index (Phi) is 15.6. The van der Waals surface area contributed by atoms with E-state index >= 15 is 0 Å². The first-order valence-corrected chi connectivity index (χ1v) is 20.7. The summed E-state index contributed by atoms with van der Waals surface area (Å²) in [5.74, 6) is -3.40. The Morgan fingerprint density at radius 1 is 0.984 bits per heavy atom. The van der Waals surface area contributed by atoms with Crippen molar-refractivity contribution < 1.29 is 33.8 Å². The minimum atomic E-state index is -1.26. The van der Waals surface area contributed by atoms with Crippen LogP contribution in [0.3, 0.4) is 0 Å². The van der Waals surface area contributed by atoms with Crippen LogP contribution in [-0.2, 0) is 32.0 Å². The molecular formula is C47H55N7O7. The number of fused-ring (bicyclic) bond motifs is 5. The lowest BCUT2D eigenvalue weighted by Gasteiger charge is -2.32. The summed E-state index contributed by atoms with van der Waals surface area (Å²) < 4.78 is 6.00. The van der Waals surface area contributed by atoms with Crippen molar-refractivity contribution in [3.63, 3.8) is 0 Å². The Morgan fingerprint density at radius 2 is 1.69 bits per heavy atom. The highest BCUT2D eigenvalue weighted by Gasteiger charge is 2.36. The molecule has 5 rings (SSSR count). The number of phenols is 1. The second-order valence-corrected chi connectivity index (χ2v) is 15.6. The first-order valence-electron chi connectivity index (χ1n) is 20.7. The van der Waals surface area contributed by atoms with Gasteiger partial charge in [-0.15, -0.1) is 0 Å². The number of aryl methyl sites for hydroxylation is 3. The van der Waals surface area contributed by atoms with E-state index in [1.54, 1.807) is 51.1 Å². The van der Waals surface area contributed by atoms with Crippen LogP contribution in [0.5, 0.6) is 11.5 Å². The number of hydrogen-bond acceptors (Lipinski definition) is 12. The number of aromatic nitrogens is 2. The van der Waals surface area contributed by atoms with E-state index < -0.39 is 41.5 Å². The average Bonchev–Trinajstić information content (AvgIpc) is 3.24.